The van der Waals surface area contributed by atoms with Crippen LogP contribution in [0.3, 0.4) is 0 Å². The van der Waals surface area contributed by atoms with Crippen molar-refractivity contribution in [3.8, 4) is 11.5 Å². The molecule has 1 unspecified atom stereocenters. The van der Waals surface area contributed by atoms with Crippen molar-refractivity contribution >= 4 is 61.9 Å². The van der Waals surface area contributed by atoms with E-state index in [9.17, 15) is 32.4 Å². The Bertz CT molecular complexity index is 2580. The highest BCUT2D eigenvalue weighted by Crippen LogP contribution is 2.40. The van der Waals surface area contributed by atoms with Crippen LogP contribution in [-0.2, 0) is 55.7 Å². The van der Waals surface area contributed by atoms with Gasteiger partial charge < -0.3 is 19.7 Å². The fourth-order valence-corrected chi connectivity index (χ4v) is 8.04. The Hall–Kier alpha value is -6.89. The summed E-state index contributed by atoms with van der Waals surface area (Å²) in [5.74, 6) is -2.84. The van der Waals surface area contributed by atoms with Gasteiger partial charge in [0.25, 0.3) is 11.8 Å². The van der Waals surface area contributed by atoms with Crippen LogP contribution in [-0.4, -0.2) is 70.4 Å². The highest BCUT2D eigenvalue weighted by Gasteiger charge is 2.40. The van der Waals surface area contributed by atoms with Crippen LogP contribution in [0.4, 0.5) is 15.8 Å². The van der Waals surface area contributed by atoms with Crippen molar-refractivity contribution in [1.29, 1.82) is 0 Å². The highest BCUT2D eigenvalue weighted by molar-refractivity contribution is 7.92. The van der Waals surface area contributed by atoms with Gasteiger partial charge in [0.05, 0.1) is 12.7 Å². The maximum atomic E-state index is 16.1. The lowest BCUT2D eigenvalue weighted by Gasteiger charge is -2.29. The lowest BCUT2D eigenvalue weighted by Crippen LogP contribution is -2.52. The number of amides is 5. The van der Waals surface area contributed by atoms with Crippen molar-refractivity contribution in [1.82, 2.24) is 29.9 Å². The second kappa shape index (κ2) is 15.0. The van der Waals surface area contributed by atoms with Crippen LogP contribution >= 0.6 is 0 Å². The van der Waals surface area contributed by atoms with Gasteiger partial charge in [-0.3, -0.25) is 34.0 Å². The molecule has 0 spiro atoms. The fourth-order valence-electron chi connectivity index (χ4n) is 6.88. The van der Waals surface area contributed by atoms with Gasteiger partial charge in [-0.15, -0.1) is 5.10 Å². The average Bonchev–Trinajstić information content (AvgIpc) is 3.86. The zero-order valence-electron chi connectivity index (χ0n) is 29.9. The van der Waals surface area contributed by atoms with E-state index in [1.54, 1.807) is 48.7 Å². The first-order chi connectivity index (χ1) is 27.4. The smallest absolute Gasteiger partial charge is 0.326 e. The summed E-state index contributed by atoms with van der Waals surface area (Å²) in [6, 6.07) is 19.2. The van der Waals surface area contributed by atoms with E-state index >= 15 is 4.39 Å². The summed E-state index contributed by atoms with van der Waals surface area (Å²) in [6.45, 7) is -0.185. The second-order valence-corrected chi connectivity index (χ2v) is 15.2. The Labute approximate surface area is 323 Å². The molecule has 1 aromatic heterocycles. The van der Waals surface area contributed by atoms with Gasteiger partial charge in [0.2, 0.25) is 17.7 Å². The van der Waals surface area contributed by atoms with E-state index in [0.717, 1.165) is 5.56 Å². The Morgan fingerprint density at radius 1 is 0.947 bits per heavy atom. The molecule has 4 heterocycles. The molecule has 3 aliphatic heterocycles. The zero-order valence-corrected chi connectivity index (χ0v) is 30.8. The highest BCUT2D eigenvalue weighted by atomic mass is 32.2. The van der Waals surface area contributed by atoms with Crippen LogP contribution in [0.2, 0.25) is 0 Å². The molecule has 0 radical (unpaired) electrons. The normalized spacial score (nSPS) is 17.4. The maximum absolute atomic E-state index is 16.1. The SMILES string of the molecule is O=C1CCC(N2Cc3cc(OCc4cn(CCC(=O)Nc5ccc6c(F)c(N7CC(=O)NS7(=O)=O)c(OCc7ccccc7)cc6c5)nn4)ccc3C2=O)C(=O)N1. The van der Waals surface area contributed by atoms with Gasteiger partial charge >= 0.3 is 10.2 Å². The third-order valence-corrected chi connectivity index (χ3v) is 11.0. The number of rotatable bonds is 12. The summed E-state index contributed by atoms with van der Waals surface area (Å²) in [5.41, 5.74) is 2.33. The Morgan fingerprint density at radius 2 is 1.77 bits per heavy atom. The number of aromatic nitrogens is 3. The average molecular weight is 797 g/mol. The van der Waals surface area contributed by atoms with E-state index in [0.29, 0.717) is 37.9 Å². The molecule has 0 aliphatic carbocycles. The number of imide groups is 1. The first-order valence-electron chi connectivity index (χ1n) is 17.8. The lowest BCUT2D eigenvalue weighted by atomic mass is 10.0. The van der Waals surface area contributed by atoms with Crippen LogP contribution < -0.4 is 29.1 Å². The number of halogens is 1. The number of anilines is 2. The Balaban J connectivity index is 0.890. The van der Waals surface area contributed by atoms with E-state index in [4.69, 9.17) is 9.47 Å². The van der Waals surface area contributed by atoms with E-state index < -0.39 is 46.1 Å². The van der Waals surface area contributed by atoms with E-state index in [2.05, 4.69) is 20.9 Å². The number of aryl methyl sites for hydroxylation is 1. The van der Waals surface area contributed by atoms with Crippen LogP contribution in [0.1, 0.15) is 46.4 Å². The summed E-state index contributed by atoms with van der Waals surface area (Å²) in [6.07, 6.45) is 2.07. The fraction of sp³-hybridized carbons (Fsp3) is 0.237. The van der Waals surface area contributed by atoms with Crippen LogP contribution in [0.25, 0.3) is 10.8 Å². The molecular formula is C38H33FN8O9S. The molecule has 0 bridgehead atoms. The van der Waals surface area contributed by atoms with Crippen LogP contribution in [0.5, 0.6) is 11.5 Å². The number of benzene rings is 4. The van der Waals surface area contributed by atoms with Crippen molar-refractivity contribution in [2.45, 2.75) is 51.6 Å². The number of carbonyl (C=O) groups excluding carboxylic acids is 5. The molecule has 19 heteroatoms. The number of nitrogens with one attached hydrogen (secondary N) is 3. The van der Waals surface area contributed by atoms with E-state index in [-0.39, 0.29) is 74.4 Å². The zero-order chi connectivity index (χ0) is 39.8. The molecule has 17 nitrogen and oxygen atoms in total. The molecule has 0 saturated carbocycles. The van der Waals surface area contributed by atoms with Crippen molar-refractivity contribution in [2.24, 2.45) is 0 Å². The Morgan fingerprint density at radius 3 is 2.54 bits per heavy atom. The molecule has 5 aromatic rings. The predicted octanol–water partition coefficient (Wildman–Crippen LogP) is 2.70. The van der Waals surface area contributed by atoms with Crippen molar-refractivity contribution in [3.05, 3.63) is 107 Å². The van der Waals surface area contributed by atoms with Crippen molar-refractivity contribution in [2.75, 3.05) is 16.2 Å². The molecule has 2 fully saturated rings. The minimum atomic E-state index is -4.36. The maximum Gasteiger partial charge on any atom is 0.326 e. The van der Waals surface area contributed by atoms with Crippen molar-refractivity contribution < 1.29 is 46.3 Å². The molecule has 2 saturated heterocycles. The third kappa shape index (κ3) is 7.68. The number of carbonyl (C=O) groups is 5. The van der Waals surface area contributed by atoms with Crippen molar-refractivity contribution in [3.63, 3.8) is 0 Å². The first-order valence-corrected chi connectivity index (χ1v) is 19.2. The van der Waals surface area contributed by atoms with Crippen LogP contribution in [0.15, 0.2) is 79.0 Å². The topological polar surface area (TPSA) is 211 Å². The number of ether oxygens (including phenoxy) is 2. The van der Waals surface area contributed by atoms with Gasteiger partial charge in [0.1, 0.15) is 48.7 Å². The summed E-state index contributed by atoms with van der Waals surface area (Å²) in [5, 5.41) is 13.6. The van der Waals surface area contributed by atoms with E-state index in [1.165, 1.54) is 33.8 Å². The number of hydrogen-bond acceptors (Lipinski definition) is 11. The molecule has 1 atom stereocenters. The number of hydrogen-bond donors (Lipinski definition) is 3. The quantitative estimate of drug-likeness (QED) is 0.156. The standard InChI is InChI=1S/C38H33FN8O9S/c39-35-28-8-6-25(14-23(28)16-31(56-20-22-4-2-1-3-5-22)36(35)47-19-34(50)43-57(47,53)54)40-33(49)12-13-45-18-26(42-44-45)21-55-27-7-9-29-24(15-27)17-46(38(29)52)30-10-11-32(48)41-37(30)51/h1-9,14-16,18,30H,10-13,17,19-21H2,(H,40,49)(H,43,50)(H,41,48,51). The first kappa shape index (κ1) is 37.1. The molecule has 8 rings (SSSR count). The molecule has 3 aliphatic rings. The molecule has 4 aromatic carbocycles. The number of piperidine rings is 1. The largest absolute Gasteiger partial charge is 0.487 e. The number of fused-ring (bicyclic) bond motifs is 2. The summed E-state index contributed by atoms with van der Waals surface area (Å²) in [7, 11) is -4.36. The summed E-state index contributed by atoms with van der Waals surface area (Å²) < 4.78 is 57.3. The molecule has 5 amide bonds. The van der Waals surface area contributed by atoms with Gasteiger partial charge in [-0.05, 0) is 65.4 Å². The summed E-state index contributed by atoms with van der Waals surface area (Å²) in [4.78, 5) is 63.3. The third-order valence-electron chi connectivity index (χ3n) is 9.64. The lowest BCUT2D eigenvalue weighted by molar-refractivity contribution is -0.137. The van der Waals surface area contributed by atoms with Gasteiger partial charge in [-0.2, -0.15) is 8.42 Å². The predicted molar refractivity (Wildman–Crippen MR) is 199 cm³/mol. The Kier molecular flexibility index (Phi) is 9.74. The van der Waals surface area contributed by atoms with Crippen LogP contribution in [0, 0.1) is 5.82 Å². The minimum Gasteiger partial charge on any atom is -0.487 e. The van der Waals surface area contributed by atoms with E-state index in [1.807, 2.05) is 10.8 Å². The molecule has 57 heavy (non-hydrogen) atoms. The second-order valence-electron chi connectivity index (χ2n) is 13.6. The van der Waals surface area contributed by atoms with Gasteiger partial charge in [0.15, 0.2) is 5.82 Å². The summed E-state index contributed by atoms with van der Waals surface area (Å²) >= 11 is 0. The number of nitrogens with zero attached hydrogens (tertiary/aromatic N) is 5. The van der Waals surface area contributed by atoms with Gasteiger partial charge in [-0.25, -0.2) is 13.4 Å². The monoisotopic (exact) mass is 796 g/mol. The molecule has 3 N–H and O–H groups in total. The van der Waals surface area contributed by atoms with Gasteiger partial charge in [-0.1, -0.05) is 35.5 Å². The van der Waals surface area contributed by atoms with Gasteiger partial charge in [0, 0.05) is 36.0 Å². The minimum absolute atomic E-state index is 0.0101. The molecular weight excluding hydrogens is 764 g/mol. The molecule has 292 valence electrons.